The van der Waals surface area contributed by atoms with E-state index in [0.29, 0.717) is 12.2 Å². The highest BCUT2D eigenvalue weighted by atomic mass is 127. The van der Waals surface area contributed by atoms with Crippen molar-refractivity contribution < 1.29 is 4.74 Å². The van der Waals surface area contributed by atoms with Gasteiger partial charge in [0.05, 0.1) is 12.2 Å². The minimum Gasteiger partial charge on any atom is -0.375 e. The Kier molecular flexibility index (Phi) is 9.62. The molecule has 1 aliphatic heterocycles. The van der Waals surface area contributed by atoms with Crippen LogP contribution in [0, 0.1) is 0 Å². The Bertz CT molecular complexity index is 216. The van der Waals surface area contributed by atoms with Crippen molar-refractivity contribution >= 4 is 22.9 Å². The van der Waals surface area contributed by atoms with E-state index >= 15 is 0 Å². The zero-order chi connectivity index (χ0) is 14.1. The molecular formula is C15H31IN2O. The highest BCUT2D eigenvalue weighted by molar-refractivity contribution is 14.1. The van der Waals surface area contributed by atoms with Crippen LogP contribution in [0.1, 0.15) is 52.4 Å². The van der Waals surface area contributed by atoms with Crippen molar-refractivity contribution in [3.05, 3.63) is 0 Å². The van der Waals surface area contributed by atoms with Crippen molar-refractivity contribution in [2.45, 2.75) is 64.6 Å². The number of halogens is 1. The quantitative estimate of drug-likeness (QED) is 0.344. The second kappa shape index (κ2) is 10.4. The maximum absolute atomic E-state index is 5.89. The van der Waals surface area contributed by atoms with Gasteiger partial charge in [0.1, 0.15) is 0 Å². The lowest BCUT2D eigenvalue weighted by atomic mass is 10.1. The molecule has 114 valence electrons. The van der Waals surface area contributed by atoms with Gasteiger partial charge in [-0.25, -0.2) is 0 Å². The standard InChI is InChI=1S/C15H31IN2O/c1-14(2)19-15-8-12-18(13-9-15)11-7-5-4-6-10-17(3)16/h14-15H,4-13H2,1-3H3. The first kappa shape index (κ1) is 17.7. The van der Waals surface area contributed by atoms with Gasteiger partial charge < -0.3 is 9.64 Å². The maximum atomic E-state index is 5.89. The van der Waals surface area contributed by atoms with Crippen molar-refractivity contribution in [2.75, 3.05) is 33.2 Å². The van der Waals surface area contributed by atoms with Gasteiger partial charge in [0.15, 0.2) is 0 Å². The van der Waals surface area contributed by atoms with Crippen molar-refractivity contribution in [1.29, 1.82) is 0 Å². The topological polar surface area (TPSA) is 15.7 Å². The van der Waals surface area contributed by atoms with Gasteiger partial charge in [-0.1, -0.05) is 12.8 Å². The molecule has 0 radical (unpaired) electrons. The van der Waals surface area contributed by atoms with Crippen LogP contribution in [-0.2, 0) is 4.74 Å². The van der Waals surface area contributed by atoms with Crippen molar-refractivity contribution in [3.63, 3.8) is 0 Å². The van der Waals surface area contributed by atoms with Gasteiger partial charge in [-0.3, -0.25) is 3.11 Å². The Morgan fingerprint density at radius 2 is 1.79 bits per heavy atom. The average molecular weight is 382 g/mol. The fraction of sp³-hybridized carbons (Fsp3) is 1.00. The molecule has 0 aromatic rings. The summed E-state index contributed by atoms with van der Waals surface area (Å²) < 4.78 is 8.13. The Morgan fingerprint density at radius 1 is 1.16 bits per heavy atom. The molecule has 0 aliphatic carbocycles. The van der Waals surface area contributed by atoms with Crippen LogP contribution in [0.4, 0.5) is 0 Å². The van der Waals surface area contributed by atoms with E-state index in [0.717, 1.165) is 0 Å². The fourth-order valence-corrected chi connectivity index (χ4v) is 3.01. The first-order chi connectivity index (χ1) is 9.08. The summed E-state index contributed by atoms with van der Waals surface area (Å²) in [6.45, 7) is 9.24. The van der Waals surface area contributed by atoms with E-state index in [1.807, 2.05) is 0 Å². The van der Waals surface area contributed by atoms with Crippen LogP contribution in [-0.4, -0.2) is 53.4 Å². The molecule has 0 spiro atoms. The number of piperidine rings is 1. The molecule has 1 aliphatic rings. The Labute approximate surface area is 133 Å². The third-order valence-corrected chi connectivity index (χ3v) is 4.17. The molecule has 0 unspecified atom stereocenters. The number of hydrogen-bond acceptors (Lipinski definition) is 3. The zero-order valence-electron chi connectivity index (χ0n) is 12.9. The van der Waals surface area contributed by atoms with Gasteiger partial charge in [-0.15, -0.1) is 0 Å². The SMILES string of the molecule is CC(C)OC1CCN(CCCCCCN(C)I)CC1. The van der Waals surface area contributed by atoms with Gasteiger partial charge >= 0.3 is 0 Å². The van der Waals surface area contributed by atoms with Crippen LogP contribution in [0.25, 0.3) is 0 Å². The largest absolute Gasteiger partial charge is 0.375 e. The van der Waals surface area contributed by atoms with Gasteiger partial charge in [0.25, 0.3) is 0 Å². The number of unbranched alkanes of at least 4 members (excludes halogenated alkanes) is 3. The minimum absolute atomic E-state index is 0.382. The second-order valence-electron chi connectivity index (χ2n) is 5.97. The van der Waals surface area contributed by atoms with E-state index < -0.39 is 0 Å². The van der Waals surface area contributed by atoms with E-state index in [1.54, 1.807) is 0 Å². The van der Waals surface area contributed by atoms with Crippen LogP contribution < -0.4 is 0 Å². The molecular weight excluding hydrogens is 351 g/mol. The number of nitrogens with zero attached hydrogens (tertiary/aromatic N) is 2. The molecule has 0 N–H and O–H groups in total. The summed E-state index contributed by atoms with van der Waals surface area (Å²) in [5.74, 6) is 0. The molecule has 0 amide bonds. The first-order valence-corrected chi connectivity index (χ1v) is 8.79. The van der Waals surface area contributed by atoms with Crippen LogP contribution in [0.5, 0.6) is 0 Å². The molecule has 3 nitrogen and oxygen atoms in total. The Balaban J connectivity index is 1.95. The molecule has 0 aromatic heterocycles. The van der Waals surface area contributed by atoms with Crippen molar-refractivity contribution in [1.82, 2.24) is 8.01 Å². The summed E-state index contributed by atoms with van der Waals surface area (Å²) in [7, 11) is 2.14. The van der Waals surface area contributed by atoms with Crippen LogP contribution in [0.15, 0.2) is 0 Å². The highest BCUT2D eigenvalue weighted by Crippen LogP contribution is 2.16. The molecule has 1 fully saturated rings. The molecule has 4 heteroatoms. The van der Waals surface area contributed by atoms with Crippen molar-refractivity contribution in [2.24, 2.45) is 0 Å². The second-order valence-corrected chi connectivity index (χ2v) is 7.62. The monoisotopic (exact) mass is 382 g/mol. The normalized spacial score (nSPS) is 18.6. The van der Waals surface area contributed by atoms with E-state index in [2.05, 4.69) is 51.8 Å². The maximum Gasteiger partial charge on any atom is 0.0603 e. The third-order valence-electron chi connectivity index (χ3n) is 3.69. The van der Waals surface area contributed by atoms with Gasteiger partial charge in [-0.05, 0) is 53.1 Å². The summed E-state index contributed by atoms with van der Waals surface area (Å²) in [5.41, 5.74) is 0. The third kappa shape index (κ3) is 9.21. The zero-order valence-corrected chi connectivity index (χ0v) is 15.1. The predicted octanol–water partition coefficient (Wildman–Crippen LogP) is 3.72. The summed E-state index contributed by atoms with van der Waals surface area (Å²) in [4.78, 5) is 2.62. The lowest BCUT2D eigenvalue weighted by Crippen LogP contribution is -2.38. The summed E-state index contributed by atoms with van der Waals surface area (Å²) in [6, 6.07) is 0. The molecule has 1 rings (SSSR count). The van der Waals surface area contributed by atoms with E-state index in [1.165, 1.54) is 64.7 Å². The summed E-state index contributed by atoms with van der Waals surface area (Å²) in [6.07, 6.45) is 8.79. The summed E-state index contributed by atoms with van der Waals surface area (Å²) >= 11 is 2.36. The van der Waals surface area contributed by atoms with Gasteiger partial charge in [0, 0.05) is 42.5 Å². The molecule has 1 heterocycles. The Hall–Kier alpha value is 0.610. The number of likely N-dealkylation sites (tertiary alicyclic amines) is 1. The number of hydrogen-bond donors (Lipinski definition) is 0. The Morgan fingerprint density at radius 3 is 2.37 bits per heavy atom. The highest BCUT2D eigenvalue weighted by Gasteiger charge is 2.19. The molecule has 1 saturated heterocycles. The van der Waals surface area contributed by atoms with E-state index in [4.69, 9.17) is 4.74 Å². The van der Waals surface area contributed by atoms with E-state index in [-0.39, 0.29) is 0 Å². The lowest BCUT2D eigenvalue weighted by Gasteiger charge is -2.32. The minimum atomic E-state index is 0.382. The van der Waals surface area contributed by atoms with E-state index in [9.17, 15) is 0 Å². The van der Waals surface area contributed by atoms with Crippen LogP contribution in [0.3, 0.4) is 0 Å². The van der Waals surface area contributed by atoms with Gasteiger partial charge in [0.2, 0.25) is 0 Å². The summed E-state index contributed by atoms with van der Waals surface area (Å²) in [5, 5.41) is 0. The average Bonchev–Trinajstić information content (AvgIpc) is 2.34. The lowest BCUT2D eigenvalue weighted by molar-refractivity contribution is -0.0268. The number of rotatable bonds is 9. The smallest absolute Gasteiger partial charge is 0.0603 e. The molecule has 0 bridgehead atoms. The number of ether oxygens (including phenoxy) is 1. The van der Waals surface area contributed by atoms with Crippen molar-refractivity contribution in [3.8, 4) is 0 Å². The fourth-order valence-electron chi connectivity index (χ4n) is 2.67. The van der Waals surface area contributed by atoms with Gasteiger partial charge in [-0.2, -0.15) is 0 Å². The molecule has 0 saturated carbocycles. The van der Waals surface area contributed by atoms with Crippen LogP contribution in [0.2, 0.25) is 0 Å². The van der Waals surface area contributed by atoms with Crippen LogP contribution >= 0.6 is 22.9 Å². The molecule has 0 aromatic carbocycles. The molecule has 19 heavy (non-hydrogen) atoms. The predicted molar refractivity (Wildman–Crippen MR) is 90.8 cm³/mol. The molecule has 0 atom stereocenters. The first-order valence-electron chi connectivity index (χ1n) is 7.82.